The summed E-state index contributed by atoms with van der Waals surface area (Å²) in [5, 5.41) is 14.1. The molecule has 0 aliphatic heterocycles. The molecule has 1 aromatic heterocycles. The van der Waals surface area contributed by atoms with E-state index >= 15 is 0 Å². The highest BCUT2D eigenvalue weighted by atomic mass is 32.2. The van der Waals surface area contributed by atoms with Crippen LogP contribution in [0, 0.1) is 0 Å². The van der Waals surface area contributed by atoms with Crippen LogP contribution in [0.2, 0.25) is 0 Å². The van der Waals surface area contributed by atoms with Crippen molar-refractivity contribution < 1.29 is 9.63 Å². The van der Waals surface area contributed by atoms with Gasteiger partial charge in [0.2, 0.25) is 5.89 Å². The smallest absolute Gasteiger partial charge is 0.229 e. The van der Waals surface area contributed by atoms with Gasteiger partial charge in [0, 0.05) is 4.75 Å². The van der Waals surface area contributed by atoms with Crippen LogP contribution in [0.25, 0.3) is 0 Å². The Morgan fingerprint density at radius 2 is 1.95 bits per heavy atom. The normalized spacial score (nSPS) is 13.4. The zero-order valence-corrected chi connectivity index (χ0v) is 12.9. The number of rotatable bonds is 5. The molecule has 0 amide bonds. The quantitative estimate of drug-likeness (QED) is 0.915. The first-order chi connectivity index (χ1) is 9.44. The second kappa shape index (κ2) is 6.41. The van der Waals surface area contributed by atoms with Gasteiger partial charge >= 0.3 is 0 Å². The summed E-state index contributed by atoms with van der Waals surface area (Å²) in [6.07, 6.45) is -0.267. The van der Waals surface area contributed by atoms with Crippen LogP contribution in [0.15, 0.2) is 34.9 Å². The summed E-state index contributed by atoms with van der Waals surface area (Å²) >= 11 is 1.77. The minimum atomic E-state index is -0.611. The van der Waals surface area contributed by atoms with Crippen molar-refractivity contribution in [1.29, 1.82) is 0 Å². The second-order valence-electron chi connectivity index (χ2n) is 5.64. The van der Waals surface area contributed by atoms with E-state index in [9.17, 15) is 5.11 Å². The standard InChI is InChI=1S/C15H20N2O2S/c1-15(2,3)20-10-13-16-14(19-17-13)9-12(18)11-7-5-4-6-8-11/h4-8,12,18H,9-10H2,1-3H3. The van der Waals surface area contributed by atoms with E-state index in [0.717, 1.165) is 5.56 Å². The maximum absolute atomic E-state index is 10.1. The van der Waals surface area contributed by atoms with Gasteiger partial charge in [-0.3, -0.25) is 0 Å². The zero-order valence-electron chi connectivity index (χ0n) is 12.0. The van der Waals surface area contributed by atoms with Crippen molar-refractivity contribution >= 4 is 11.8 Å². The van der Waals surface area contributed by atoms with Gasteiger partial charge in [-0.1, -0.05) is 56.3 Å². The van der Waals surface area contributed by atoms with Crippen LogP contribution in [0.3, 0.4) is 0 Å². The Bertz CT molecular complexity index is 534. The molecule has 5 heteroatoms. The zero-order chi connectivity index (χ0) is 14.6. The van der Waals surface area contributed by atoms with Gasteiger partial charge in [-0.25, -0.2) is 0 Å². The molecule has 0 spiro atoms. The molecule has 0 fully saturated rings. The van der Waals surface area contributed by atoms with Crippen molar-refractivity contribution in [2.24, 2.45) is 0 Å². The van der Waals surface area contributed by atoms with E-state index in [1.165, 1.54) is 0 Å². The van der Waals surface area contributed by atoms with Crippen molar-refractivity contribution in [2.75, 3.05) is 0 Å². The van der Waals surface area contributed by atoms with Gasteiger partial charge in [-0.15, -0.1) is 11.8 Å². The Labute approximate surface area is 123 Å². The first-order valence-electron chi connectivity index (χ1n) is 6.62. The third-order valence-electron chi connectivity index (χ3n) is 2.70. The van der Waals surface area contributed by atoms with E-state index < -0.39 is 6.10 Å². The largest absolute Gasteiger partial charge is 0.388 e. The molecule has 20 heavy (non-hydrogen) atoms. The minimum Gasteiger partial charge on any atom is -0.388 e. The first kappa shape index (κ1) is 15.1. The predicted molar refractivity (Wildman–Crippen MR) is 80.5 cm³/mol. The molecule has 0 saturated heterocycles. The van der Waals surface area contributed by atoms with Crippen LogP contribution in [0.4, 0.5) is 0 Å². The average Bonchev–Trinajstić information content (AvgIpc) is 2.84. The van der Waals surface area contributed by atoms with Gasteiger partial charge in [0.15, 0.2) is 5.82 Å². The lowest BCUT2D eigenvalue weighted by atomic mass is 10.1. The number of aliphatic hydroxyl groups excluding tert-OH is 1. The number of thioether (sulfide) groups is 1. The monoisotopic (exact) mass is 292 g/mol. The molecular weight excluding hydrogens is 272 g/mol. The third kappa shape index (κ3) is 4.65. The number of hydrogen-bond acceptors (Lipinski definition) is 5. The first-order valence-corrected chi connectivity index (χ1v) is 7.61. The molecule has 0 saturated carbocycles. The highest BCUT2D eigenvalue weighted by Crippen LogP contribution is 2.26. The van der Waals surface area contributed by atoms with E-state index in [-0.39, 0.29) is 4.75 Å². The number of aliphatic hydroxyl groups is 1. The lowest BCUT2D eigenvalue weighted by Crippen LogP contribution is -2.08. The molecule has 4 nitrogen and oxygen atoms in total. The number of benzene rings is 1. The fourth-order valence-corrected chi connectivity index (χ4v) is 2.35. The summed E-state index contributed by atoms with van der Waals surface area (Å²) in [4.78, 5) is 4.32. The highest BCUT2D eigenvalue weighted by Gasteiger charge is 2.16. The third-order valence-corrected chi connectivity index (χ3v) is 3.97. The van der Waals surface area contributed by atoms with Crippen LogP contribution in [-0.4, -0.2) is 20.0 Å². The van der Waals surface area contributed by atoms with Gasteiger partial charge in [0.05, 0.1) is 18.3 Å². The van der Waals surface area contributed by atoms with Crippen LogP contribution in [0.1, 0.15) is 44.2 Å². The summed E-state index contributed by atoms with van der Waals surface area (Å²) in [7, 11) is 0. The van der Waals surface area contributed by atoms with Crippen molar-refractivity contribution in [1.82, 2.24) is 10.1 Å². The predicted octanol–water partition coefficient (Wildman–Crippen LogP) is 3.38. The molecule has 1 unspecified atom stereocenters. The summed E-state index contributed by atoms with van der Waals surface area (Å²) < 4.78 is 5.36. The van der Waals surface area contributed by atoms with E-state index in [2.05, 4.69) is 30.9 Å². The molecule has 1 heterocycles. The lowest BCUT2D eigenvalue weighted by molar-refractivity contribution is 0.164. The summed E-state index contributed by atoms with van der Waals surface area (Å²) in [5.41, 5.74) is 0.858. The van der Waals surface area contributed by atoms with Crippen molar-refractivity contribution in [3.63, 3.8) is 0 Å². The molecule has 1 N–H and O–H groups in total. The molecule has 108 valence electrons. The Morgan fingerprint density at radius 1 is 1.25 bits per heavy atom. The summed E-state index contributed by atoms with van der Waals surface area (Å²) in [6, 6.07) is 9.50. The number of nitrogens with zero attached hydrogens (tertiary/aromatic N) is 2. The van der Waals surface area contributed by atoms with Crippen molar-refractivity contribution in [3.8, 4) is 0 Å². The van der Waals surface area contributed by atoms with E-state index in [0.29, 0.717) is 23.9 Å². The molecule has 2 rings (SSSR count). The van der Waals surface area contributed by atoms with Gasteiger partial charge in [0.25, 0.3) is 0 Å². The molecule has 1 aromatic carbocycles. The molecule has 0 bridgehead atoms. The molecular formula is C15H20N2O2S. The topological polar surface area (TPSA) is 59.2 Å². The van der Waals surface area contributed by atoms with Gasteiger partial charge < -0.3 is 9.63 Å². The summed E-state index contributed by atoms with van der Waals surface area (Å²) in [5.74, 6) is 1.88. The van der Waals surface area contributed by atoms with Gasteiger partial charge in [-0.05, 0) is 5.56 Å². The Morgan fingerprint density at radius 3 is 2.60 bits per heavy atom. The maximum Gasteiger partial charge on any atom is 0.229 e. The molecule has 1 atom stereocenters. The summed E-state index contributed by atoms with van der Waals surface area (Å²) in [6.45, 7) is 6.45. The lowest BCUT2D eigenvalue weighted by Gasteiger charge is -2.15. The van der Waals surface area contributed by atoms with Crippen molar-refractivity contribution in [3.05, 3.63) is 47.6 Å². The fourth-order valence-electron chi connectivity index (χ4n) is 1.67. The van der Waals surface area contributed by atoms with Gasteiger partial charge in [-0.2, -0.15) is 4.98 Å². The molecule has 2 aromatic rings. The SMILES string of the molecule is CC(C)(C)SCc1noc(CC(O)c2ccccc2)n1. The van der Waals surface area contributed by atoms with Crippen LogP contribution in [0.5, 0.6) is 0 Å². The van der Waals surface area contributed by atoms with E-state index in [1.807, 2.05) is 30.3 Å². The molecule has 0 aliphatic rings. The maximum atomic E-state index is 10.1. The molecule has 0 radical (unpaired) electrons. The number of hydrogen-bond donors (Lipinski definition) is 1. The van der Waals surface area contributed by atoms with E-state index in [1.54, 1.807) is 11.8 Å². The van der Waals surface area contributed by atoms with E-state index in [4.69, 9.17) is 4.52 Å². The minimum absolute atomic E-state index is 0.171. The Hall–Kier alpha value is -1.33. The second-order valence-corrected chi connectivity index (χ2v) is 7.44. The van der Waals surface area contributed by atoms with Crippen LogP contribution >= 0.6 is 11.8 Å². The average molecular weight is 292 g/mol. The number of aromatic nitrogens is 2. The fraction of sp³-hybridized carbons (Fsp3) is 0.467. The Balaban J connectivity index is 1.93. The van der Waals surface area contributed by atoms with Crippen molar-refractivity contribution in [2.45, 2.75) is 43.8 Å². The Kier molecular flexibility index (Phi) is 4.83. The van der Waals surface area contributed by atoms with Crippen LogP contribution < -0.4 is 0 Å². The van der Waals surface area contributed by atoms with Gasteiger partial charge in [0.1, 0.15) is 0 Å². The van der Waals surface area contributed by atoms with Crippen LogP contribution in [-0.2, 0) is 12.2 Å². The molecule has 0 aliphatic carbocycles. The highest BCUT2D eigenvalue weighted by molar-refractivity contribution is 7.99.